The number of benzene rings is 3. The van der Waals surface area contributed by atoms with Crippen molar-refractivity contribution in [3.63, 3.8) is 0 Å². The Hall–Kier alpha value is -3.63. The second-order valence-electron chi connectivity index (χ2n) is 7.12. The molecule has 0 saturated heterocycles. The predicted octanol–water partition coefficient (Wildman–Crippen LogP) is 4.03. The molecule has 0 aliphatic rings. The Morgan fingerprint density at radius 1 is 1.06 bits per heavy atom. The van der Waals surface area contributed by atoms with Gasteiger partial charge in [0.15, 0.2) is 9.84 Å². The molecule has 1 atom stereocenters. The van der Waals surface area contributed by atoms with Crippen LogP contribution in [-0.2, 0) is 16.4 Å². The summed E-state index contributed by atoms with van der Waals surface area (Å²) >= 11 is 0. The molecule has 0 fully saturated rings. The van der Waals surface area contributed by atoms with E-state index in [0.717, 1.165) is 17.4 Å². The maximum atomic E-state index is 12.7. The van der Waals surface area contributed by atoms with Crippen molar-refractivity contribution in [3.8, 4) is 11.8 Å². The Labute approximate surface area is 182 Å². The predicted molar refractivity (Wildman–Crippen MR) is 117 cm³/mol. The van der Waals surface area contributed by atoms with E-state index in [1.807, 2.05) is 19.1 Å². The van der Waals surface area contributed by atoms with Gasteiger partial charge in [-0.15, -0.1) is 0 Å². The van der Waals surface area contributed by atoms with Crippen LogP contribution < -0.4 is 10.1 Å². The van der Waals surface area contributed by atoms with Crippen LogP contribution in [-0.4, -0.2) is 20.6 Å². The molecule has 0 heterocycles. The highest BCUT2D eigenvalue weighted by atomic mass is 32.2. The lowest BCUT2D eigenvalue weighted by Gasteiger charge is -2.15. The highest BCUT2D eigenvalue weighted by molar-refractivity contribution is 7.90. The van der Waals surface area contributed by atoms with E-state index in [9.17, 15) is 18.5 Å². The van der Waals surface area contributed by atoms with Gasteiger partial charge >= 0.3 is 0 Å². The minimum absolute atomic E-state index is 0.220. The zero-order chi connectivity index (χ0) is 22.4. The van der Waals surface area contributed by atoms with Gasteiger partial charge in [0, 0.05) is 17.4 Å². The first kappa shape index (κ1) is 22.1. The van der Waals surface area contributed by atoms with Gasteiger partial charge in [0.05, 0.1) is 22.6 Å². The third-order valence-electron chi connectivity index (χ3n) is 4.78. The molecule has 0 aliphatic heterocycles. The van der Waals surface area contributed by atoms with E-state index in [-0.39, 0.29) is 23.5 Å². The van der Waals surface area contributed by atoms with E-state index < -0.39 is 9.84 Å². The Balaban J connectivity index is 1.66. The van der Waals surface area contributed by atoms with Gasteiger partial charge in [-0.3, -0.25) is 4.79 Å². The molecule has 1 unspecified atom stereocenters. The molecule has 0 aliphatic carbocycles. The normalized spacial score (nSPS) is 11.9. The highest BCUT2D eigenvalue weighted by Gasteiger charge is 2.14. The molecule has 1 amide bonds. The van der Waals surface area contributed by atoms with Crippen molar-refractivity contribution in [2.45, 2.75) is 24.5 Å². The van der Waals surface area contributed by atoms with E-state index in [1.54, 1.807) is 48.5 Å². The molecule has 3 aromatic rings. The lowest BCUT2D eigenvalue weighted by atomic mass is 10.1. The minimum atomic E-state index is -3.27. The van der Waals surface area contributed by atoms with Gasteiger partial charge in [0.25, 0.3) is 5.91 Å². The molecule has 1 N–H and O–H groups in total. The monoisotopic (exact) mass is 434 g/mol. The molecular formula is C24H22N2O4S. The first-order valence-electron chi connectivity index (χ1n) is 9.59. The molecule has 3 aromatic carbocycles. The van der Waals surface area contributed by atoms with Gasteiger partial charge in [0.2, 0.25) is 0 Å². The Kier molecular flexibility index (Phi) is 6.73. The van der Waals surface area contributed by atoms with Crippen molar-refractivity contribution in [1.29, 1.82) is 5.26 Å². The summed E-state index contributed by atoms with van der Waals surface area (Å²) in [6.45, 7) is 2.05. The SMILES string of the molecule is CC(NC(=O)c1cccc(OCc2ccccc2C#N)c1)c1ccc(S(C)(=O)=O)cc1. The van der Waals surface area contributed by atoms with E-state index in [0.29, 0.717) is 16.9 Å². The molecule has 0 spiro atoms. The van der Waals surface area contributed by atoms with Crippen molar-refractivity contribution < 1.29 is 17.9 Å². The van der Waals surface area contributed by atoms with E-state index >= 15 is 0 Å². The number of sulfone groups is 1. The van der Waals surface area contributed by atoms with Gasteiger partial charge in [-0.05, 0) is 48.9 Å². The van der Waals surface area contributed by atoms with E-state index in [4.69, 9.17) is 4.74 Å². The topological polar surface area (TPSA) is 96.3 Å². The second-order valence-corrected chi connectivity index (χ2v) is 9.14. The molecular weight excluding hydrogens is 412 g/mol. The molecule has 3 rings (SSSR count). The van der Waals surface area contributed by atoms with Crippen LogP contribution in [0, 0.1) is 11.3 Å². The second kappa shape index (κ2) is 9.45. The summed E-state index contributed by atoms with van der Waals surface area (Å²) in [5, 5.41) is 12.1. The van der Waals surface area contributed by atoms with Crippen molar-refractivity contribution in [3.05, 3.63) is 95.1 Å². The lowest BCUT2D eigenvalue weighted by Crippen LogP contribution is -2.26. The van der Waals surface area contributed by atoms with Crippen molar-refractivity contribution in [1.82, 2.24) is 5.32 Å². The van der Waals surface area contributed by atoms with Crippen LogP contribution in [0.1, 0.15) is 40.0 Å². The maximum absolute atomic E-state index is 12.7. The third-order valence-corrected chi connectivity index (χ3v) is 5.91. The van der Waals surface area contributed by atoms with Gasteiger partial charge in [-0.25, -0.2) is 8.42 Å². The number of nitrogens with zero attached hydrogens (tertiary/aromatic N) is 1. The standard InChI is InChI=1S/C24H22N2O4S/c1-17(18-10-12-23(13-11-18)31(2,28)29)26-24(27)19-8-5-9-22(14-19)30-16-21-7-4-3-6-20(21)15-25/h3-14,17H,16H2,1-2H3,(H,26,27). The summed E-state index contributed by atoms with van der Waals surface area (Å²) in [5.41, 5.74) is 2.55. The number of hydrogen-bond acceptors (Lipinski definition) is 5. The molecule has 6 nitrogen and oxygen atoms in total. The summed E-state index contributed by atoms with van der Waals surface area (Å²) in [4.78, 5) is 12.9. The van der Waals surface area contributed by atoms with E-state index in [1.165, 1.54) is 12.1 Å². The van der Waals surface area contributed by atoms with Crippen LogP contribution in [0.25, 0.3) is 0 Å². The van der Waals surface area contributed by atoms with Crippen LogP contribution in [0.15, 0.2) is 77.7 Å². The van der Waals surface area contributed by atoms with Crippen molar-refractivity contribution in [2.24, 2.45) is 0 Å². The number of nitriles is 1. The molecule has 31 heavy (non-hydrogen) atoms. The largest absolute Gasteiger partial charge is 0.489 e. The fraction of sp³-hybridized carbons (Fsp3) is 0.167. The summed E-state index contributed by atoms with van der Waals surface area (Å²) in [5.74, 6) is 0.244. The first-order valence-corrected chi connectivity index (χ1v) is 11.5. The number of carbonyl (C=O) groups is 1. The van der Waals surface area contributed by atoms with Gasteiger partial charge in [-0.2, -0.15) is 5.26 Å². The average Bonchev–Trinajstić information content (AvgIpc) is 2.77. The number of hydrogen-bond donors (Lipinski definition) is 1. The summed E-state index contributed by atoms with van der Waals surface area (Å²) < 4.78 is 29.0. The smallest absolute Gasteiger partial charge is 0.251 e. The van der Waals surface area contributed by atoms with Crippen LogP contribution in [0.3, 0.4) is 0 Å². The fourth-order valence-electron chi connectivity index (χ4n) is 3.01. The summed E-state index contributed by atoms with van der Waals surface area (Å²) in [6, 6.07) is 22.2. The van der Waals surface area contributed by atoms with Gasteiger partial charge in [-0.1, -0.05) is 36.4 Å². The molecule has 158 valence electrons. The van der Waals surface area contributed by atoms with Gasteiger partial charge < -0.3 is 10.1 Å². The first-order chi connectivity index (χ1) is 14.8. The lowest BCUT2D eigenvalue weighted by molar-refractivity contribution is 0.0939. The number of amides is 1. The number of ether oxygens (including phenoxy) is 1. The van der Waals surface area contributed by atoms with Crippen LogP contribution in [0.4, 0.5) is 0 Å². The van der Waals surface area contributed by atoms with Crippen LogP contribution in [0.2, 0.25) is 0 Å². The molecule has 0 bridgehead atoms. The van der Waals surface area contributed by atoms with E-state index in [2.05, 4.69) is 11.4 Å². The zero-order valence-corrected chi connectivity index (χ0v) is 18.0. The zero-order valence-electron chi connectivity index (χ0n) is 17.2. The average molecular weight is 435 g/mol. The Bertz CT molecular complexity index is 1230. The molecule has 7 heteroatoms. The summed E-state index contributed by atoms with van der Waals surface area (Å²) in [7, 11) is -3.27. The number of nitrogens with one attached hydrogen (secondary N) is 1. The Morgan fingerprint density at radius 3 is 2.45 bits per heavy atom. The summed E-state index contributed by atoms with van der Waals surface area (Å²) in [6.07, 6.45) is 1.15. The van der Waals surface area contributed by atoms with Gasteiger partial charge in [0.1, 0.15) is 12.4 Å². The molecule has 0 aromatic heterocycles. The fourth-order valence-corrected chi connectivity index (χ4v) is 3.64. The minimum Gasteiger partial charge on any atom is -0.489 e. The highest BCUT2D eigenvalue weighted by Crippen LogP contribution is 2.19. The maximum Gasteiger partial charge on any atom is 0.251 e. The number of carbonyl (C=O) groups excluding carboxylic acids is 1. The Morgan fingerprint density at radius 2 is 1.77 bits per heavy atom. The van der Waals surface area contributed by atoms with Crippen molar-refractivity contribution in [2.75, 3.05) is 6.26 Å². The van der Waals surface area contributed by atoms with Crippen LogP contribution in [0.5, 0.6) is 5.75 Å². The number of rotatable bonds is 7. The van der Waals surface area contributed by atoms with Crippen molar-refractivity contribution >= 4 is 15.7 Å². The molecule has 0 saturated carbocycles. The van der Waals surface area contributed by atoms with Crippen LogP contribution >= 0.6 is 0 Å². The quantitative estimate of drug-likeness (QED) is 0.606. The third kappa shape index (κ3) is 5.71. The molecule has 0 radical (unpaired) electrons.